The van der Waals surface area contributed by atoms with Gasteiger partial charge in [0.1, 0.15) is 11.4 Å². The second kappa shape index (κ2) is 4.75. The third kappa shape index (κ3) is 2.26. The summed E-state index contributed by atoms with van der Waals surface area (Å²) >= 11 is 0. The first-order chi connectivity index (χ1) is 8.13. The predicted molar refractivity (Wildman–Crippen MR) is 63.3 cm³/mol. The molecule has 1 amide bonds. The van der Waals surface area contributed by atoms with Gasteiger partial charge in [0.2, 0.25) is 0 Å². The number of likely N-dealkylation sites (tertiary alicyclic amines) is 1. The predicted octanol–water partition coefficient (Wildman–Crippen LogP) is -0.153. The molecule has 2 rings (SSSR count). The van der Waals surface area contributed by atoms with Crippen molar-refractivity contribution in [1.82, 2.24) is 14.7 Å². The number of hydrogen-bond donors (Lipinski definition) is 2. The molecule has 0 spiro atoms. The summed E-state index contributed by atoms with van der Waals surface area (Å²) in [5, 5.41) is 13.1. The molecular formula is C11H18N4O2. The number of carbonyl (C=O) groups is 1. The summed E-state index contributed by atoms with van der Waals surface area (Å²) < 4.78 is 1.49. The van der Waals surface area contributed by atoms with Crippen molar-refractivity contribution in [1.29, 1.82) is 0 Å². The number of amides is 1. The van der Waals surface area contributed by atoms with Crippen LogP contribution >= 0.6 is 0 Å². The Bertz CT molecular complexity index is 416. The topological polar surface area (TPSA) is 84.4 Å². The summed E-state index contributed by atoms with van der Waals surface area (Å²) in [6, 6.07) is 0. The van der Waals surface area contributed by atoms with Crippen LogP contribution in [-0.2, 0) is 7.05 Å². The first-order valence-corrected chi connectivity index (χ1v) is 5.81. The van der Waals surface area contributed by atoms with Gasteiger partial charge < -0.3 is 15.7 Å². The van der Waals surface area contributed by atoms with Crippen LogP contribution in [0.25, 0.3) is 0 Å². The molecule has 1 aromatic heterocycles. The summed E-state index contributed by atoms with van der Waals surface area (Å²) in [5.74, 6) is 0.487. The van der Waals surface area contributed by atoms with Crippen molar-refractivity contribution in [3.8, 4) is 0 Å². The molecule has 1 fully saturated rings. The highest BCUT2D eigenvalue weighted by Gasteiger charge is 2.26. The van der Waals surface area contributed by atoms with Crippen LogP contribution in [0.1, 0.15) is 23.2 Å². The maximum atomic E-state index is 12.2. The average Bonchev–Trinajstić information content (AvgIpc) is 2.69. The lowest BCUT2D eigenvalue weighted by Gasteiger charge is -2.31. The minimum atomic E-state index is -0.0891. The summed E-state index contributed by atoms with van der Waals surface area (Å²) in [5.41, 5.74) is 6.23. The van der Waals surface area contributed by atoms with Crippen LogP contribution in [-0.4, -0.2) is 45.4 Å². The quantitative estimate of drug-likeness (QED) is 0.750. The third-order valence-corrected chi connectivity index (χ3v) is 3.28. The van der Waals surface area contributed by atoms with Gasteiger partial charge >= 0.3 is 0 Å². The van der Waals surface area contributed by atoms with Crippen molar-refractivity contribution < 1.29 is 9.90 Å². The number of aliphatic hydroxyl groups excluding tert-OH is 1. The first kappa shape index (κ1) is 11.9. The number of anilines is 1. The summed E-state index contributed by atoms with van der Waals surface area (Å²) in [6.45, 7) is 1.46. The standard InChI is InChI=1S/C11H18N4O2/c1-14-10(12)9(5-13-14)11(17)15-4-2-3-8(6-15)7-16/h5,8,16H,2-4,6-7,12H2,1H3. The summed E-state index contributed by atoms with van der Waals surface area (Å²) in [4.78, 5) is 14.0. The van der Waals surface area contributed by atoms with E-state index in [0.717, 1.165) is 19.4 Å². The van der Waals surface area contributed by atoms with E-state index in [1.54, 1.807) is 11.9 Å². The van der Waals surface area contributed by atoms with Gasteiger partial charge in [0.25, 0.3) is 5.91 Å². The molecule has 2 heterocycles. The Kier molecular flexibility index (Phi) is 3.33. The fourth-order valence-corrected chi connectivity index (χ4v) is 2.18. The van der Waals surface area contributed by atoms with E-state index in [-0.39, 0.29) is 18.4 Å². The largest absolute Gasteiger partial charge is 0.396 e. The van der Waals surface area contributed by atoms with E-state index in [4.69, 9.17) is 10.8 Å². The lowest BCUT2D eigenvalue weighted by Crippen LogP contribution is -2.41. The highest BCUT2D eigenvalue weighted by atomic mass is 16.3. The number of aromatic nitrogens is 2. The van der Waals surface area contributed by atoms with Crippen LogP contribution in [0.4, 0.5) is 5.82 Å². The molecule has 0 aliphatic carbocycles. The SMILES string of the molecule is Cn1ncc(C(=O)N2CCCC(CO)C2)c1N. The van der Waals surface area contributed by atoms with Crippen LogP contribution in [0.15, 0.2) is 6.20 Å². The maximum absolute atomic E-state index is 12.2. The normalized spacial score (nSPS) is 20.6. The van der Waals surface area contributed by atoms with Crippen LogP contribution < -0.4 is 5.73 Å². The molecule has 1 unspecified atom stereocenters. The molecule has 1 atom stereocenters. The Morgan fingerprint density at radius 2 is 2.47 bits per heavy atom. The van der Waals surface area contributed by atoms with E-state index in [1.807, 2.05) is 0 Å². The molecule has 17 heavy (non-hydrogen) atoms. The van der Waals surface area contributed by atoms with Gasteiger partial charge in [-0.15, -0.1) is 0 Å². The molecule has 0 radical (unpaired) electrons. The van der Waals surface area contributed by atoms with Crippen molar-refractivity contribution in [3.63, 3.8) is 0 Å². The number of rotatable bonds is 2. The summed E-state index contributed by atoms with van der Waals surface area (Å²) in [7, 11) is 1.71. The molecule has 0 bridgehead atoms. The Balaban J connectivity index is 2.12. The van der Waals surface area contributed by atoms with Crippen molar-refractivity contribution in [2.45, 2.75) is 12.8 Å². The zero-order valence-electron chi connectivity index (χ0n) is 9.96. The van der Waals surface area contributed by atoms with E-state index in [0.29, 0.717) is 17.9 Å². The maximum Gasteiger partial charge on any atom is 0.259 e. The molecule has 0 aromatic carbocycles. The van der Waals surface area contributed by atoms with Crippen LogP contribution in [0.2, 0.25) is 0 Å². The number of hydrogen-bond acceptors (Lipinski definition) is 4. The van der Waals surface area contributed by atoms with Crippen LogP contribution in [0, 0.1) is 5.92 Å². The molecule has 3 N–H and O–H groups in total. The van der Waals surface area contributed by atoms with Gasteiger partial charge in [0, 0.05) is 26.7 Å². The molecule has 6 heteroatoms. The summed E-state index contributed by atoms with van der Waals surface area (Å²) in [6.07, 6.45) is 3.40. The molecular weight excluding hydrogens is 220 g/mol. The van der Waals surface area contributed by atoms with Crippen molar-refractivity contribution in [3.05, 3.63) is 11.8 Å². The van der Waals surface area contributed by atoms with E-state index in [9.17, 15) is 4.79 Å². The van der Waals surface area contributed by atoms with Gasteiger partial charge in [-0.25, -0.2) is 0 Å². The molecule has 6 nitrogen and oxygen atoms in total. The number of piperidine rings is 1. The van der Waals surface area contributed by atoms with Gasteiger partial charge in [0.15, 0.2) is 0 Å². The number of nitrogens with two attached hydrogens (primary N) is 1. The Morgan fingerprint density at radius 1 is 1.71 bits per heavy atom. The smallest absolute Gasteiger partial charge is 0.259 e. The number of aliphatic hydroxyl groups is 1. The number of aryl methyl sites for hydroxylation is 1. The van der Waals surface area contributed by atoms with Crippen LogP contribution in [0.5, 0.6) is 0 Å². The molecule has 1 aromatic rings. The van der Waals surface area contributed by atoms with E-state index >= 15 is 0 Å². The zero-order valence-corrected chi connectivity index (χ0v) is 9.96. The monoisotopic (exact) mass is 238 g/mol. The van der Waals surface area contributed by atoms with Crippen LogP contribution in [0.3, 0.4) is 0 Å². The minimum Gasteiger partial charge on any atom is -0.396 e. The van der Waals surface area contributed by atoms with Gasteiger partial charge in [-0.2, -0.15) is 5.10 Å². The van der Waals surface area contributed by atoms with Gasteiger partial charge in [-0.05, 0) is 18.8 Å². The van der Waals surface area contributed by atoms with Crippen molar-refractivity contribution in [2.75, 3.05) is 25.4 Å². The highest BCUT2D eigenvalue weighted by Crippen LogP contribution is 2.20. The van der Waals surface area contributed by atoms with E-state index in [1.165, 1.54) is 10.9 Å². The average molecular weight is 238 g/mol. The number of carbonyl (C=O) groups excluding carboxylic acids is 1. The molecule has 1 aliphatic rings. The Hall–Kier alpha value is -1.56. The number of nitrogen functional groups attached to an aromatic ring is 1. The van der Waals surface area contributed by atoms with E-state index in [2.05, 4.69) is 5.10 Å². The van der Waals surface area contributed by atoms with Crippen molar-refractivity contribution >= 4 is 11.7 Å². The molecule has 1 aliphatic heterocycles. The molecule has 0 saturated carbocycles. The molecule has 94 valence electrons. The third-order valence-electron chi connectivity index (χ3n) is 3.28. The highest BCUT2D eigenvalue weighted by molar-refractivity contribution is 5.98. The Labute approximate surface area is 100 Å². The van der Waals surface area contributed by atoms with E-state index < -0.39 is 0 Å². The lowest BCUT2D eigenvalue weighted by atomic mass is 9.98. The first-order valence-electron chi connectivity index (χ1n) is 5.81. The zero-order chi connectivity index (χ0) is 12.4. The van der Waals surface area contributed by atoms with Gasteiger partial charge in [-0.1, -0.05) is 0 Å². The number of nitrogens with zero attached hydrogens (tertiary/aromatic N) is 3. The fourth-order valence-electron chi connectivity index (χ4n) is 2.18. The second-order valence-electron chi connectivity index (χ2n) is 4.51. The Morgan fingerprint density at radius 3 is 3.06 bits per heavy atom. The molecule has 1 saturated heterocycles. The van der Waals surface area contributed by atoms with Gasteiger partial charge in [-0.3, -0.25) is 9.48 Å². The van der Waals surface area contributed by atoms with Crippen molar-refractivity contribution in [2.24, 2.45) is 13.0 Å². The second-order valence-corrected chi connectivity index (χ2v) is 4.51. The lowest BCUT2D eigenvalue weighted by molar-refractivity contribution is 0.0621. The minimum absolute atomic E-state index is 0.0891. The van der Waals surface area contributed by atoms with Gasteiger partial charge in [0.05, 0.1) is 6.20 Å². The fraction of sp³-hybridized carbons (Fsp3) is 0.636.